The van der Waals surface area contributed by atoms with Gasteiger partial charge in [-0.1, -0.05) is 11.8 Å². The standard InChI is InChI=1S/C17H18N2O7/c1-25-17(24)9-4-8(13-10(5-9)6-18-19-13)2-3-11-14(21)16(23)15(22)12(7-20)26-11/h4-6,11-12,14-16,20-23H,7H2,1H3,(H,18,19)/t11-,12?,14?,15-,16?/m1/s1. The Kier molecular flexibility index (Phi) is 5.22. The first kappa shape index (κ1) is 18.3. The number of H-pyrrole nitrogens is 1. The van der Waals surface area contributed by atoms with Crippen molar-refractivity contribution in [1.29, 1.82) is 0 Å². The van der Waals surface area contributed by atoms with E-state index in [1.807, 2.05) is 0 Å². The Bertz CT molecular complexity index is 867. The van der Waals surface area contributed by atoms with Crippen LogP contribution in [0.15, 0.2) is 18.3 Å². The van der Waals surface area contributed by atoms with Crippen LogP contribution < -0.4 is 0 Å². The summed E-state index contributed by atoms with van der Waals surface area (Å²) in [6.07, 6.45) is -5.06. The Hall–Kier alpha value is -2.48. The molecule has 9 nitrogen and oxygen atoms in total. The van der Waals surface area contributed by atoms with Crippen molar-refractivity contribution >= 4 is 16.9 Å². The van der Waals surface area contributed by atoms with Crippen molar-refractivity contribution < 1.29 is 34.7 Å². The zero-order valence-electron chi connectivity index (χ0n) is 13.8. The number of aromatic amines is 1. The molecule has 0 saturated carbocycles. The maximum Gasteiger partial charge on any atom is 0.337 e. The van der Waals surface area contributed by atoms with Gasteiger partial charge in [0.25, 0.3) is 0 Å². The van der Waals surface area contributed by atoms with Gasteiger partial charge in [0.05, 0.1) is 36.6 Å². The first-order valence-electron chi connectivity index (χ1n) is 7.83. The number of carbonyl (C=O) groups excluding carboxylic acids is 1. The zero-order chi connectivity index (χ0) is 18.8. The molecule has 1 aliphatic rings. The summed E-state index contributed by atoms with van der Waals surface area (Å²) in [5.74, 6) is 4.91. The van der Waals surface area contributed by atoms with Gasteiger partial charge in [0, 0.05) is 5.39 Å². The van der Waals surface area contributed by atoms with E-state index in [2.05, 4.69) is 22.0 Å². The molecule has 1 aromatic carbocycles. The number of aliphatic hydroxyl groups excluding tert-OH is 4. The first-order chi connectivity index (χ1) is 12.5. The summed E-state index contributed by atoms with van der Waals surface area (Å²) in [7, 11) is 1.27. The van der Waals surface area contributed by atoms with Crippen LogP contribution in [0.1, 0.15) is 15.9 Å². The Morgan fingerprint density at radius 2 is 2.08 bits per heavy atom. The van der Waals surface area contributed by atoms with Gasteiger partial charge in [-0.25, -0.2) is 4.79 Å². The quantitative estimate of drug-likeness (QED) is 0.322. The molecule has 2 aromatic rings. The van der Waals surface area contributed by atoms with E-state index >= 15 is 0 Å². The van der Waals surface area contributed by atoms with E-state index in [-0.39, 0.29) is 5.56 Å². The van der Waals surface area contributed by atoms with Crippen molar-refractivity contribution in [3.63, 3.8) is 0 Å². The first-order valence-corrected chi connectivity index (χ1v) is 7.83. The summed E-state index contributed by atoms with van der Waals surface area (Å²) in [5, 5.41) is 46.2. The smallest absolute Gasteiger partial charge is 0.337 e. The highest BCUT2D eigenvalue weighted by molar-refractivity contribution is 5.96. The fourth-order valence-electron chi connectivity index (χ4n) is 2.76. The molecular formula is C17H18N2O7. The van der Waals surface area contributed by atoms with Crippen molar-refractivity contribution in [3.05, 3.63) is 29.5 Å². The van der Waals surface area contributed by atoms with Gasteiger partial charge in [0.1, 0.15) is 30.5 Å². The lowest BCUT2D eigenvalue weighted by atomic mass is 9.95. The molecule has 0 radical (unpaired) electrons. The van der Waals surface area contributed by atoms with Crippen molar-refractivity contribution in [2.24, 2.45) is 0 Å². The minimum absolute atomic E-state index is 0.277. The number of aliphatic hydroxyl groups is 4. The third kappa shape index (κ3) is 3.29. The fourth-order valence-corrected chi connectivity index (χ4v) is 2.76. The highest BCUT2D eigenvalue weighted by Crippen LogP contribution is 2.22. The monoisotopic (exact) mass is 362 g/mol. The highest BCUT2D eigenvalue weighted by atomic mass is 16.5. The summed E-state index contributed by atoms with van der Waals surface area (Å²) in [6.45, 7) is -0.536. The third-order valence-electron chi connectivity index (χ3n) is 4.21. The number of aromatic nitrogens is 2. The number of hydrogen-bond donors (Lipinski definition) is 5. The maximum absolute atomic E-state index is 11.8. The molecule has 0 bridgehead atoms. The molecule has 3 rings (SSSR count). The Labute approximate surface area is 148 Å². The van der Waals surface area contributed by atoms with Crippen LogP contribution in [-0.4, -0.2) is 80.8 Å². The third-order valence-corrected chi connectivity index (χ3v) is 4.21. The van der Waals surface area contributed by atoms with E-state index in [1.54, 1.807) is 6.07 Å². The number of nitrogens with one attached hydrogen (secondary N) is 1. The topological polar surface area (TPSA) is 145 Å². The van der Waals surface area contributed by atoms with Gasteiger partial charge in [-0.15, -0.1) is 0 Å². The molecule has 138 valence electrons. The molecule has 0 aliphatic carbocycles. The minimum Gasteiger partial charge on any atom is -0.465 e. The molecule has 1 saturated heterocycles. The lowest BCUT2D eigenvalue weighted by Crippen LogP contribution is -2.58. The second-order valence-corrected chi connectivity index (χ2v) is 5.87. The number of ether oxygens (including phenoxy) is 2. The van der Waals surface area contributed by atoms with Gasteiger partial charge in [0.15, 0.2) is 0 Å². The molecule has 2 heterocycles. The van der Waals surface area contributed by atoms with Gasteiger partial charge in [-0.2, -0.15) is 5.10 Å². The summed E-state index contributed by atoms with van der Waals surface area (Å²) in [6, 6.07) is 3.10. The lowest BCUT2D eigenvalue weighted by molar-refractivity contribution is -0.214. The fraction of sp³-hybridized carbons (Fsp3) is 0.412. The van der Waals surface area contributed by atoms with Gasteiger partial charge >= 0.3 is 5.97 Å². The van der Waals surface area contributed by atoms with Gasteiger partial charge in [0.2, 0.25) is 0 Å². The van der Waals surface area contributed by atoms with Crippen LogP contribution in [-0.2, 0) is 9.47 Å². The maximum atomic E-state index is 11.8. The molecular weight excluding hydrogens is 344 g/mol. The number of carbonyl (C=O) groups is 1. The summed E-state index contributed by atoms with van der Waals surface area (Å²) in [4.78, 5) is 11.8. The summed E-state index contributed by atoms with van der Waals surface area (Å²) in [5.41, 5.74) is 1.27. The molecule has 1 aliphatic heterocycles. The molecule has 1 aromatic heterocycles. The normalized spacial score (nSPS) is 28.4. The number of hydrogen-bond acceptors (Lipinski definition) is 8. The number of nitrogens with zero attached hydrogens (tertiary/aromatic N) is 1. The molecule has 0 amide bonds. The molecule has 3 unspecified atom stereocenters. The van der Waals surface area contributed by atoms with E-state index in [4.69, 9.17) is 9.47 Å². The van der Waals surface area contributed by atoms with Gasteiger partial charge in [-0.3, -0.25) is 5.10 Å². The van der Waals surface area contributed by atoms with Gasteiger partial charge < -0.3 is 29.9 Å². The second kappa shape index (κ2) is 7.41. The van der Waals surface area contributed by atoms with Crippen LogP contribution in [0.25, 0.3) is 10.9 Å². The molecule has 0 spiro atoms. The number of methoxy groups -OCH3 is 1. The molecule has 1 fully saturated rings. The number of esters is 1. The van der Waals surface area contributed by atoms with Crippen LogP contribution >= 0.6 is 0 Å². The van der Waals surface area contributed by atoms with Crippen LogP contribution in [0.2, 0.25) is 0 Å². The van der Waals surface area contributed by atoms with E-state index in [1.165, 1.54) is 19.4 Å². The van der Waals surface area contributed by atoms with E-state index < -0.39 is 43.1 Å². The van der Waals surface area contributed by atoms with Crippen LogP contribution in [0.5, 0.6) is 0 Å². The number of fused-ring (bicyclic) bond motifs is 1. The highest BCUT2D eigenvalue weighted by Gasteiger charge is 2.42. The summed E-state index contributed by atoms with van der Waals surface area (Å²) >= 11 is 0. The zero-order valence-corrected chi connectivity index (χ0v) is 13.8. The average molecular weight is 362 g/mol. The molecule has 5 N–H and O–H groups in total. The van der Waals surface area contributed by atoms with Crippen molar-refractivity contribution in [1.82, 2.24) is 10.2 Å². The van der Waals surface area contributed by atoms with Gasteiger partial charge in [-0.05, 0) is 12.1 Å². The summed E-state index contributed by atoms with van der Waals surface area (Å²) < 4.78 is 10.1. The Morgan fingerprint density at radius 1 is 1.31 bits per heavy atom. The van der Waals surface area contributed by atoms with Crippen molar-refractivity contribution in [3.8, 4) is 11.8 Å². The Balaban J connectivity index is 1.96. The minimum atomic E-state index is -1.51. The molecule has 9 heteroatoms. The van der Waals surface area contributed by atoms with E-state index in [0.717, 1.165) is 0 Å². The average Bonchev–Trinajstić information content (AvgIpc) is 3.13. The number of rotatable bonds is 2. The SMILES string of the molecule is COC(=O)c1cc(C#C[C@H]2OC(CO)[C@@H](O)C(O)C2O)c2[nH]ncc2c1. The van der Waals surface area contributed by atoms with Crippen molar-refractivity contribution in [2.75, 3.05) is 13.7 Å². The van der Waals surface area contributed by atoms with Crippen molar-refractivity contribution in [2.45, 2.75) is 30.5 Å². The van der Waals surface area contributed by atoms with Crippen LogP contribution in [0, 0.1) is 11.8 Å². The van der Waals surface area contributed by atoms with Crippen LogP contribution in [0.3, 0.4) is 0 Å². The lowest BCUT2D eigenvalue weighted by Gasteiger charge is -2.37. The molecule has 26 heavy (non-hydrogen) atoms. The van der Waals surface area contributed by atoms with E-state index in [9.17, 15) is 25.2 Å². The second-order valence-electron chi connectivity index (χ2n) is 5.87. The Morgan fingerprint density at radius 3 is 2.77 bits per heavy atom. The predicted molar refractivity (Wildman–Crippen MR) is 88.1 cm³/mol. The number of benzene rings is 1. The molecule has 5 atom stereocenters. The predicted octanol–water partition coefficient (Wildman–Crippen LogP) is -1.46. The van der Waals surface area contributed by atoms with E-state index in [0.29, 0.717) is 16.5 Å². The van der Waals surface area contributed by atoms with Crippen LogP contribution in [0.4, 0.5) is 0 Å². The largest absolute Gasteiger partial charge is 0.465 e.